The fraction of sp³-hybridized carbons (Fsp3) is 0.300. The van der Waals surface area contributed by atoms with Gasteiger partial charge in [0.05, 0.1) is 35.8 Å². The Morgan fingerprint density at radius 2 is 1.76 bits per heavy atom. The Balaban J connectivity index is 1.41. The Morgan fingerprint density at radius 3 is 2.46 bits per heavy atom. The average molecular weight is 510 g/mol. The van der Waals surface area contributed by atoms with Gasteiger partial charge < -0.3 is 19.5 Å². The number of pyridine rings is 2. The Labute approximate surface area is 223 Å². The monoisotopic (exact) mass is 509 g/mol. The largest absolute Gasteiger partial charge is 0.490 e. The number of thiocarbonyl (C=S) groups is 1. The first-order chi connectivity index (χ1) is 18.1. The van der Waals surface area contributed by atoms with E-state index >= 15 is 0 Å². The maximum absolute atomic E-state index is 6.22. The summed E-state index contributed by atoms with van der Waals surface area (Å²) in [7, 11) is 0. The molecule has 1 aliphatic heterocycles. The molecule has 6 rings (SSSR count). The van der Waals surface area contributed by atoms with Crippen molar-refractivity contribution < 1.29 is 4.74 Å². The van der Waals surface area contributed by atoms with Crippen LogP contribution in [0.3, 0.4) is 0 Å². The van der Waals surface area contributed by atoms with Crippen LogP contribution in [0.15, 0.2) is 79.3 Å². The first-order valence-electron chi connectivity index (χ1n) is 13.0. The van der Waals surface area contributed by atoms with Crippen LogP contribution in [0.2, 0.25) is 0 Å². The second-order valence-electron chi connectivity index (χ2n) is 9.89. The number of aryl methyl sites for hydroxylation is 1. The number of ether oxygens (including phenoxy) is 1. The number of benzene rings is 1. The quantitative estimate of drug-likeness (QED) is 0.304. The molecule has 4 aromatic rings. The summed E-state index contributed by atoms with van der Waals surface area (Å²) in [5.41, 5.74) is 6.56. The van der Waals surface area contributed by atoms with Crippen molar-refractivity contribution in [1.29, 1.82) is 0 Å². The zero-order chi connectivity index (χ0) is 25.4. The molecule has 0 radical (unpaired) electrons. The number of hydrogen-bond donors (Lipinski definition) is 1. The molecular formula is C30H31N5OS. The van der Waals surface area contributed by atoms with Crippen LogP contribution in [0.5, 0.6) is 5.75 Å². The molecule has 7 heteroatoms. The molecule has 1 N–H and O–H groups in total. The summed E-state index contributed by atoms with van der Waals surface area (Å²) in [5, 5.41) is 4.27. The minimum Gasteiger partial charge on any atom is -0.490 e. The van der Waals surface area contributed by atoms with Gasteiger partial charge in [0.25, 0.3) is 0 Å². The van der Waals surface area contributed by atoms with E-state index in [0.29, 0.717) is 11.2 Å². The highest BCUT2D eigenvalue weighted by atomic mass is 32.1. The molecule has 4 heterocycles. The number of rotatable bonds is 6. The molecule has 2 atom stereocenters. The summed E-state index contributed by atoms with van der Waals surface area (Å²) in [5.74, 6) is 0.918. The fourth-order valence-corrected chi connectivity index (χ4v) is 6.15. The number of anilines is 1. The van der Waals surface area contributed by atoms with Crippen molar-refractivity contribution in [3.05, 3.63) is 102 Å². The molecule has 37 heavy (non-hydrogen) atoms. The average Bonchev–Trinajstić information content (AvgIpc) is 3.63. The van der Waals surface area contributed by atoms with Crippen molar-refractivity contribution in [2.75, 3.05) is 4.90 Å². The van der Waals surface area contributed by atoms with E-state index in [4.69, 9.17) is 21.9 Å². The zero-order valence-corrected chi connectivity index (χ0v) is 22.0. The molecule has 2 fully saturated rings. The molecule has 0 spiro atoms. The van der Waals surface area contributed by atoms with Crippen LogP contribution in [0.25, 0.3) is 5.69 Å². The molecule has 0 amide bonds. The predicted molar refractivity (Wildman–Crippen MR) is 150 cm³/mol. The third kappa shape index (κ3) is 4.48. The lowest BCUT2D eigenvalue weighted by molar-refractivity contribution is 0.210. The van der Waals surface area contributed by atoms with E-state index in [2.05, 4.69) is 76.1 Å². The Bertz CT molecular complexity index is 1380. The molecule has 1 aliphatic carbocycles. The molecule has 188 valence electrons. The number of nitrogens with zero attached hydrogens (tertiary/aromatic N) is 4. The van der Waals surface area contributed by atoms with Gasteiger partial charge in [0.2, 0.25) is 0 Å². The topological polar surface area (TPSA) is 55.2 Å². The summed E-state index contributed by atoms with van der Waals surface area (Å²) in [4.78, 5) is 11.3. The summed E-state index contributed by atoms with van der Waals surface area (Å²) in [6, 6.07) is 20.6. The normalized spacial score (nSPS) is 19.8. The molecule has 0 bridgehead atoms. The highest BCUT2D eigenvalue weighted by Gasteiger charge is 2.42. The summed E-state index contributed by atoms with van der Waals surface area (Å²) in [6.07, 6.45) is 10.7. The Morgan fingerprint density at radius 1 is 0.946 bits per heavy atom. The summed E-state index contributed by atoms with van der Waals surface area (Å²) < 4.78 is 8.48. The second kappa shape index (κ2) is 9.98. The maximum Gasteiger partial charge on any atom is 0.174 e. The van der Waals surface area contributed by atoms with Gasteiger partial charge in [0.15, 0.2) is 5.11 Å². The predicted octanol–water partition coefficient (Wildman–Crippen LogP) is 6.38. The van der Waals surface area contributed by atoms with E-state index in [0.717, 1.165) is 47.0 Å². The van der Waals surface area contributed by atoms with E-state index < -0.39 is 0 Å². The van der Waals surface area contributed by atoms with Crippen LogP contribution in [-0.4, -0.2) is 25.8 Å². The minimum absolute atomic E-state index is 0.0689. The van der Waals surface area contributed by atoms with Gasteiger partial charge >= 0.3 is 0 Å². The van der Waals surface area contributed by atoms with E-state index in [9.17, 15) is 0 Å². The van der Waals surface area contributed by atoms with E-state index in [1.54, 1.807) is 6.20 Å². The van der Waals surface area contributed by atoms with Gasteiger partial charge in [0, 0.05) is 29.5 Å². The van der Waals surface area contributed by atoms with Crippen molar-refractivity contribution in [1.82, 2.24) is 19.9 Å². The van der Waals surface area contributed by atoms with Crippen LogP contribution >= 0.6 is 12.2 Å². The molecule has 6 nitrogen and oxygen atoms in total. The molecule has 0 unspecified atom stereocenters. The van der Waals surface area contributed by atoms with Gasteiger partial charge in [0.1, 0.15) is 5.75 Å². The molecule has 1 aromatic carbocycles. The highest BCUT2D eigenvalue weighted by molar-refractivity contribution is 7.80. The van der Waals surface area contributed by atoms with Crippen molar-refractivity contribution in [2.24, 2.45) is 0 Å². The van der Waals surface area contributed by atoms with Crippen molar-refractivity contribution in [3.8, 4) is 11.4 Å². The minimum atomic E-state index is -0.0917. The smallest absolute Gasteiger partial charge is 0.174 e. The van der Waals surface area contributed by atoms with Gasteiger partial charge in [-0.25, -0.2) is 0 Å². The van der Waals surface area contributed by atoms with Gasteiger partial charge in [-0.3, -0.25) is 9.97 Å². The third-order valence-electron chi connectivity index (χ3n) is 7.51. The fourth-order valence-electron chi connectivity index (χ4n) is 5.80. The number of nitrogens with one attached hydrogen (secondary N) is 1. The van der Waals surface area contributed by atoms with E-state index in [1.165, 1.54) is 18.4 Å². The molecular weight excluding hydrogens is 478 g/mol. The van der Waals surface area contributed by atoms with Gasteiger partial charge in [-0.15, -0.1) is 0 Å². The van der Waals surface area contributed by atoms with Crippen LogP contribution in [-0.2, 0) is 0 Å². The zero-order valence-electron chi connectivity index (χ0n) is 21.2. The second-order valence-corrected chi connectivity index (χ2v) is 10.3. The SMILES string of the molecule is Cc1cc([C@@H]2[C@H](c3ccccn3)NC(=S)N2c2ccc(OC3CCCC3)cc2)c(C)n1-c1cccnc1. The van der Waals surface area contributed by atoms with Crippen molar-refractivity contribution in [3.63, 3.8) is 0 Å². The highest BCUT2D eigenvalue weighted by Crippen LogP contribution is 2.44. The molecule has 2 aliphatic rings. The van der Waals surface area contributed by atoms with Crippen LogP contribution < -0.4 is 15.0 Å². The van der Waals surface area contributed by atoms with Crippen LogP contribution in [0.1, 0.15) is 60.4 Å². The summed E-state index contributed by atoms with van der Waals surface area (Å²) >= 11 is 5.94. The van der Waals surface area contributed by atoms with Gasteiger partial charge in [-0.2, -0.15) is 0 Å². The molecule has 3 aromatic heterocycles. The number of aromatic nitrogens is 3. The molecule has 1 saturated carbocycles. The summed E-state index contributed by atoms with van der Waals surface area (Å²) in [6.45, 7) is 4.31. The lowest BCUT2D eigenvalue weighted by atomic mass is 9.96. The van der Waals surface area contributed by atoms with Crippen LogP contribution in [0, 0.1) is 13.8 Å². The number of hydrogen-bond acceptors (Lipinski definition) is 4. The standard InChI is InChI=1S/C30H31N5OS/c1-20-18-26(21(2)34(20)23-8-7-16-31-19-23)29-28(27-11-5-6-17-32-27)33-30(37)35(29)22-12-14-25(15-13-22)36-24-9-3-4-10-24/h5-8,11-19,24,28-29H,3-4,9-10H2,1-2H3,(H,33,37)/t28-,29+/m0/s1. The van der Waals surface area contributed by atoms with Gasteiger partial charge in [-0.1, -0.05) is 6.07 Å². The Hall–Kier alpha value is -3.71. The first-order valence-corrected chi connectivity index (χ1v) is 13.4. The van der Waals surface area contributed by atoms with Crippen molar-refractivity contribution >= 4 is 23.0 Å². The first kappa shape index (κ1) is 23.7. The van der Waals surface area contributed by atoms with Crippen molar-refractivity contribution in [2.45, 2.75) is 57.7 Å². The lowest BCUT2D eigenvalue weighted by Gasteiger charge is -2.28. The Kier molecular flexibility index (Phi) is 6.38. The van der Waals surface area contributed by atoms with Crippen LogP contribution in [0.4, 0.5) is 5.69 Å². The van der Waals surface area contributed by atoms with E-state index in [-0.39, 0.29) is 12.1 Å². The lowest BCUT2D eigenvalue weighted by Crippen LogP contribution is -2.29. The maximum atomic E-state index is 6.22. The molecule has 1 saturated heterocycles. The van der Waals surface area contributed by atoms with E-state index in [1.807, 2.05) is 30.6 Å². The third-order valence-corrected chi connectivity index (χ3v) is 7.83. The van der Waals surface area contributed by atoms with Gasteiger partial charge in [-0.05, 0) is 112 Å².